The van der Waals surface area contributed by atoms with Crippen molar-refractivity contribution in [2.75, 3.05) is 0 Å². The van der Waals surface area contributed by atoms with Crippen LogP contribution in [0.1, 0.15) is 12.0 Å². The normalized spacial score (nSPS) is 11.4. The lowest BCUT2D eigenvalue weighted by atomic mass is 10.1. The lowest BCUT2D eigenvalue weighted by Gasteiger charge is -2.03. The molecule has 2 heteroatoms. The molecule has 20 heavy (non-hydrogen) atoms. The number of aryl methyl sites for hydroxylation is 1. The fourth-order valence-corrected chi connectivity index (χ4v) is 2.39. The first-order valence-corrected chi connectivity index (χ1v) is 7.57. The van der Waals surface area contributed by atoms with Gasteiger partial charge < -0.3 is 5.11 Å². The summed E-state index contributed by atoms with van der Waals surface area (Å²) in [6, 6.07) is 20.3. The van der Waals surface area contributed by atoms with Crippen molar-refractivity contribution in [1.29, 1.82) is 0 Å². The van der Waals surface area contributed by atoms with Crippen molar-refractivity contribution in [2.24, 2.45) is 0 Å². The van der Waals surface area contributed by atoms with Crippen LogP contribution in [0.15, 0.2) is 82.8 Å². The average molecular weight is 282 g/mol. The van der Waals surface area contributed by atoms with E-state index in [0.29, 0.717) is 0 Å². The maximum Gasteiger partial charge on any atom is 0.0797 e. The predicted molar refractivity (Wildman–Crippen MR) is 85.7 cm³/mol. The molecule has 2 aromatic rings. The summed E-state index contributed by atoms with van der Waals surface area (Å²) in [4.78, 5) is 1.17. The Bertz CT molecular complexity index is 556. The van der Waals surface area contributed by atoms with Gasteiger partial charge in [0, 0.05) is 10.3 Å². The summed E-state index contributed by atoms with van der Waals surface area (Å²) in [5.74, 6) is 0. The minimum Gasteiger partial charge on any atom is -0.388 e. The van der Waals surface area contributed by atoms with Crippen LogP contribution in [0.3, 0.4) is 0 Å². The fourth-order valence-electron chi connectivity index (χ4n) is 1.79. The van der Waals surface area contributed by atoms with Gasteiger partial charge in [-0.1, -0.05) is 60.3 Å². The van der Waals surface area contributed by atoms with Crippen LogP contribution in [-0.2, 0) is 6.42 Å². The van der Waals surface area contributed by atoms with E-state index >= 15 is 0 Å². The second-order valence-corrected chi connectivity index (χ2v) is 5.42. The highest BCUT2D eigenvalue weighted by Crippen LogP contribution is 2.17. The molecule has 2 rings (SSSR count). The summed E-state index contributed by atoms with van der Waals surface area (Å²) in [5.41, 5.74) is 4.29. The Labute approximate surface area is 124 Å². The molecule has 0 radical (unpaired) electrons. The van der Waals surface area contributed by atoms with Gasteiger partial charge in [-0.25, -0.2) is 0 Å². The molecule has 1 unspecified atom stereocenters. The summed E-state index contributed by atoms with van der Waals surface area (Å²) in [7, 11) is 0. The number of aliphatic hydroxyl groups is 1. The quantitative estimate of drug-likeness (QED) is 0.624. The highest BCUT2D eigenvalue weighted by atomic mass is 32.2. The fraction of sp³-hybridized carbons (Fsp3) is 0.167. The van der Waals surface area contributed by atoms with Gasteiger partial charge in [0.1, 0.15) is 0 Å². The van der Waals surface area contributed by atoms with E-state index in [1.807, 2.05) is 41.8 Å². The Balaban J connectivity index is 1.76. The van der Waals surface area contributed by atoms with Crippen LogP contribution in [0, 0.1) is 0 Å². The molecule has 102 valence electrons. The molecule has 1 nitrogen and oxygen atoms in total. The van der Waals surface area contributed by atoms with Crippen molar-refractivity contribution >= 4 is 11.8 Å². The molecular formula is C18H18OS. The highest BCUT2D eigenvalue weighted by molar-refractivity contribution is 8.02. The van der Waals surface area contributed by atoms with E-state index in [4.69, 9.17) is 0 Å². The number of aliphatic hydroxyl groups excluding tert-OH is 1. The second kappa shape index (κ2) is 8.44. The van der Waals surface area contributed by atoms with Crippen molar-refractivity contribution in [3.05, 3.63) is 83.4 Å². The van der Waals surface area contributed by atoms with Crippen LogP contribution in [-0.4, -0.2) is 11.2 Å². The largest absolute Gasteiger partial charge is 0.388 e. The molecule has 0 fully saturated rings. The van der Waals surface area contributed by atoms with E-state index in [1.54, 1.807) is 17.8 Å². The van der Waals surface area contributed by atoms with Gasteiger partial charge in [0.2, 0.25) is 0 Å². The van der Waals surface area contributed by atoms with Gasteiger partial charge in [-0.3, -0.25) is 0 Å². The van der Waals surface area contributed by atoms with E-state index in [9.17, 15) is 5.11 Å². The second-order valence-electron chi connectivity index (χ2n) is 4.47. The molecule has 0 aliphatic carbocycles. The van der Waals surface area contributed by atoms with Crippen LogP contribution in [0.4, 0.5) is 0 Å². The molecular weight excluding hydrogens is 264 g/mol. The van der Waals surface area contributed by atoms with E-state index in [2.05, 4.69) is 30.0 Å². The number of benzene rings is 2. The van der Waals surface area contributed by atoms with Crippen molar-refractivity contribution < 1.29 is 5.11 Å². The van der Waals surface area contributed by atoms with Gasteiger partial charge in [-0.05, 0) is 36.6 Å². The SMILES string of the molecule is OC(C=C=CSc1ccccc1)CCc1ccccc1. The lowest BCUT2D eigenvalue weighted by molar-refractivity contribution is 0.213. The monoisotopic (exact) mass is 282 g/mol. The first-order valence-electron chi connectivity index (χ1n) is 6.69. The summed E-state index contributed by atoms with van der Waals surface area (Å²) in [6.45, 7) is 0. The molecule has 0 aliphatic rings. The third-order valence-corrected chi connectivity index (χ3v) is 3.66. The summed E-state index contributed by atoms with van der Waals surface area (Å²) < 4.78 is 0. The standard InChI is InChI=1S/C18H18OS/c19-17(14-13-16-8-3-1-4-9-16)10-7-15-20-18-11-5-2-6-12-18/h1-6,8-12,15,17,19H,13-14H2. The molecule has 1 N–H and O–H groups in total. The molecule has 1 atom stereocenters. The van der Waals surface area contributed by atoms with Crippen LogP contribution in [0.5, 0.6) is 0 Å². The maximum absolute atomic E-state index is 9.86. The summed E-state index contributed by atoms with van der Waals surface area (Å²) in [5, 5.41) is 11.7. The third-order valence-electron chi connectivity index (χ3n) is 2.87. The zero-order valence-electron chi connectivity index (χ0n) is 11.3. The first kappa shape index (κ1) is 14.7. The van der Waals surface area contributed by atoms with Crippen molar-refractivity contribution in [2.45, 2.75) is 23.8 Å². The Morgan fingerprint density at radius 2 is 1.65 bits per heavy atom. The average Bonchev–Trinajstić information content (AvgIpc) is 2.52. The lowest BCUT2D eigenvalue weighted by Crippen LogP contribution is -2.03. The molecule has 0 bridgehead atoms. The molecule has 0 spiro atoms. The topological polar surface area (TPSA) is 20.2 Å². The number of hydrogen-bond donors (Lipinski definition) is 1. The molecule has 0 saturated carbocycles. The third kappa shape index (κ3) is 5.50. The van der Waals surface area contributed by atoms with E-state index in [-0.39, 0.29) is 0 Å². The Morgan fingerprint density at radius 1 is 1.00 bits per heavy atom. The Kier molecular flexibility index (Phi) is 6.19. The molecule has 0 heterocycles. The Hall–Kier alpha value is -1.73. The van der Waals surface area contributed by atoms with Crippen LogP contribution < -0.4 is 0 Å². The summed E-state index contributed by atoms with van der Waals surface area (Å²) >= 11 is 1.60. The first-order chi connectivity index (χ1) is 9.84. The van der Waals surface area contributed by atoms with Gasteiger partial charge in [0.05, 0.1) is 6.10 Å². The smallest absolute Gasteiger partial charge is 0.0797 e. The zero-order chi connectivity index (χ0) is 14.0. The highest BCUT2D eigenvalue weighted by Gasteiger charge is 1.99. The predicted octanol–water partition coefficient (Wildman–Crippen LogP) is 4.44. The van der Waals surface area contributed by atoms with Gasteiger partial charge in [-0.2, -0.15) is 0 Å². The Morgan fingerprint density at radius 3 is 2.35 bits per heavy atom. The zero-order valence-corrected chi connectivity index (χ0v) is 12.1. The summed E-state index contributed by atoms with van der Waals surface area (Å²) in [6.07, 6.45) is 2.88. The van der Waals surface area contributed by atoms with Crippen molar-refractivity contribution in [1.82, 2.24) is 0 Å². The molecule has 2 aromatic carbocycles. The van der Waals surface area contributed by atoms with Crippen LogP contribution in [0.25, 0.3) is 0 Å². The van der Waals surface area contributed by atoms with Gasteiger partial charge >= 0.3 is 0 Å². The molecule has 0 aliphatic heterocycles. The van der Waals surface area contributed by atoms with Gasteiger partial charge in [0.25, 0.3) is 0 Å². The minimum atomic E-state index is -0.442. The van der Waals surface area contributed by atoms with E-state index in [1.165, 1.54) is 10.5 Å². The number of hydrogen-bond acceptors (Lipinski definition) is 2. The van der Waals surface area contributed by atoms with Crippen LogP contribution in [0.2, 0.25) is 0 Å². The molecule has 0 saturated heterocycles. The van der Waals surface area contributed by atoms with Crippen molar-refractivity contribution in [3.8, 4) is 0 Å². The van der Waals surface area contributed by atoms with E-state index < -0.39 is 6.10 Å². The number of rotatable bonds is 6. The molecule has 0 amide bonds. The maximum atomic E-state index is 9.86. The van der Waals surface area contributed by atoms with Crippen LogP contribution >= 0.6 is 11.8 Å². The van der Waals surface area contributed by atoms with Gasteiger partial charge in [-0.15, -0.1) is 5.73 Å². The number of thioether (sulfide) groups is 1. The minimum absolute atomic E-state index is 0.442. The molecule has 0 aromatic heterocycles. The van der Waals surface area contributed by atoms with E-state index in [0.717, 1.165) is 12.8 Å². The van der Waals surface area contributed by atoms with Gasteiger partial charge in [0.15, 0.2) is 0 Å². The van der Waals surface area contributed by atoms with Crippen molar-refractivity contribution in [3.63, 3.8) is 0 Å².